The number of carboxylic acid groups (broad SMARTS) is 1. The van der Waals surface area contributed by atoms with Crippen molar-refractivity contribution in [2.75, 3.05) is 26.2 Å². The molecule has 0 bridgehead atoms. The molecule has 1 saturated carbocycles. The molecule has 1 aromatic rings. The third kappa shape index (κ3) is 6.69. The zero-order valence-corrected chi connectivity index (χ0v) is 23.7. The van der Waals surface area contributed by atoms with E-state index < -0.39 is 5.97 Å². The van der Waals surface area contributed by atoms with Crippen LogP contribution in [0, 0.1) is 11.8 Å². The Morgan fingerprint density at radius 3 is 2.44 bits per heavy atom. The molecule has 1 aromatic carbocycles. The maximum absolute atomic E-state index is 11.8. The minimum Gasteiger partial charge on any atom is -0.495 e. The Morgan fingerprint density at radius 1 is 1.00 bits per heavy atom. The standard InChI is InChI=1S/C30H36Cl2N2O5/c31-23-7-8-24-22(16-23)6-9-26(24)33(17-19-1-4-21(5-2-19)30(37)38)18-20-3-10-27(25(32)15-20)39-14-13-34-28(35)11-12-29(34)36/h7-8,15-16,19,21,26H,1-6,9-14,17-18H2,(H,37,38). The Morgan fingerprint density at radius 2 is 1.74 bits per heavy atom. The number of fused-ring (bicyclic) bond motifs is 1. The number of allylic oxidation sites excluding steroid dienone is 3. The number of imide groups is 1. The second kappa shape index (κ2) is 12.4. The van der Waals surface area contributed by atoms with Crippen molar-refractivity contribution in [3.63, 3.8) is 0 Å². The molecule has 0 aromatic heterocycles. The van der Waals surface area contributed by atoms with E-state index in [2.05, 4.69) is 17.0 Å². The van der Waals surface area contributed by atoms with Crippen molar-refractivity contribution >= 4 is 41.0 Å². The van der Waals surface area contributed by atoms with Crippen molar-refractivity contribution in [2.24, 2.45) is 11.8 Å². The molecular formula is C30H36Cl2N2O5. The van der Waals surface area contributed by atoms with Gasteiger partial charge < -0.3 is 9.84 Å². The summed E-state index contributed by atoms with van der Waals surface area (Å²) in [7, 11) is 0. The fraction of sp³-hybridized carbons (Fsp3) is 0.567. The molecular weight excluding hydrogens is 539 g/mol. The van der Waals surface area contributed by atoms with Gasteiger partial charge in [-0.15, -0.1) is 0 Å². The summed E-state index contributed by atoms with van der Waals surface area (Å²) in [6.07, 6.45) is 9.50. The van der Waals surface area contributed by atoms with Gasteiger partial charge in [0.2, 0.25) is 11.8 Å². The molecule has 2 fully saturated rings. The highest BCUT2D eigenvalue weighted by atomic mass is 35.5. The van der Waals surface area contributed by atoms with Crippen LogP contribution in [0.1, 0.15) is 75.0 Å². The average Bonchev–Trinajstić information content (AvgIpc) is 3.47. The molecule has 0 radical (unpaired) electrons. The Bertz CT molecular complexity index is 1170. The van der Waals surface area contributed by atoms with Gasteiger partial charge in [-0.25, -0.2) is 0 Å². The lowest BCUT2D eigenvalue weighted by Crippen LogP contribution is -2.36. The average molecular weight is 576 g/mol. The monoisotopic (exact) mass is 574 g/mol. The molecule has 9 heteroatoms. The first-order chi connectivity index (χ1) is 18.8. The predicted molar refractivity (Wildman–Crippen MR) is 149 cm³/mol. The summed E-state index contributed by atoms with van der Waals surface area (Å²) in [6, 6.07) is 6.51. The minimum atomic E-state index is -0.669. The van der Waals surface area contributed by atoms with E-state index in [9.17, 15) is 19.5 Å². The summed E-state index contributed by atoms with van der Waals surface area (Å²) in [6.45, 7) is 2.23. The molecule has 1 unspecified atom stereocenters. The normalized spacial score (nSPS) is 25.4. The van der Waals surface area contributed by atoms with Gasteiger partial charge in [0.15, 0.2) is 0 Å². The third-order valence-corrected chi connectivity index (χ3v) is 9.26. The summed E-state index contributed by atoms with van der Waals surface area (Å²) in [5.74, 6) is 0.0242. The van der Waals surface area contributed by atoms with Crippen LogP contribution in [-0.4, -0.2) is 58.9 Å². The number of nitrogens with zero attached hydrogens (tertiary/aromatic N) is 2. The fourth-order valence-electron chi connectivity index (χ4n) is 6.55. The SMILES string of the molecule is O=C(O)C1CCC(CN(CC2=CC(Cl)=C(OCCN3C(=O)CCC3=O)CC2)C2CCc3cc(Cl)ccc32)CC1. The van der Waals surface area contributed by atoms with Crippen molar-refractivity contribution in [3.05, 3.63) is 56.8 Å². The van der Waals surface area contributed by atoms with E-state index >= 15 is 0 Å². The smallest absolute Gasteiger partial charge is 0.306 e. The largest absolute Gasteiger partial charge is 0.495 e. The molecule has 1 saturated heterocycles. The first kappa shape index (κ1) is 28.2. The fourth-order valence-corrected chi connectivity index (χ4v) is 7.05. The van der Waals surface area contributed by atoms with Gasteiger partial charge in [-0.05, 0) is 80.2 Å². The van der Waals surface area contributed by atoms with Crippen LogP contribution in [0.25, 0.3) is 0 Å². The lowest BCUT2D eigenvalue weighted by atomic mass is 9.81. The first-order valence-electron chi connectivity index (χ1n) is 14.1. The first-order valence-corrected chi connectivity index (χ1v) is 14.8. The van der Waals surface area contributed by atoms with Gasteiger partial charge in [-0.1, -0.05) is 34.8 Å². The van der Waals surface area contributed by atoms with E-state index in [1.807, 2.05) is 12.1 Å². The van der Waals surface area contributed by atoms with Crippen LogP contribution in [0.15, 0.2) is 40.6 Å². The molecule has 3 aliphatic carbocycles. The summed E-state index contributed by atoms with van der Waals surface area (Å²) in [5.41, 5.74) is 3.90. The molecule has 5 rings (SSSR count). The molecule has 2 amide bonds. The number of hydrogen-bond donors (Lipinski definition) is 1. The minimum absolute atomic E-state index is 0.137. The van der Waals surface area contributed by atoms with Gasteiger partial charge in [0.05, 0.1) is 17.5 Å². The summed E-state index contributed by atoms with van der Waals surface area (Å²) in [5, 5.41) is 10.8. The van der Waals surface area contributed by atoms with Crippen molar-refractivity contribution in [1.82, 2.24) is 9.80 Å². The van der Waals surface area contributed by atoms with E-state index in [0.717, 1.165) is 63.1 Å². The number of aliphatic carboxylic acids is 1. The van der Waals surface area contributed by atoms with Gasteiger partial charge >= 0.3 is 5.97 Å². The molecule has 210 valence electrons. The third-order valence-electron chi connectivity index (χ3n) is 8.70. The maximum Gasteiger partial charge on any atom is 0.306 e. The second-order valence-electron chi connectivity index (χ2n) is 11.2. The highest BCUT2D eigenvalue weighted by Crippen LogP contribution is 2.40. The number of ether oxygens (including phenoxy) is 1. The van der Waals surface area contributed by atoms with Crippen LogP contribution in [-0.2, 0) is 25.5 Å². The Hall–Kier alpha value is -2.35. The number of amides is 2. The van der Waals surface area contributed by atoms with E-state index in [0.29, 0.717) is 29.2 Å². The van der Waals surface area contributed by atoms with Crippen LogP contribution in [0.4, 0.5) is 0 Å². The summed E-state index contributed by atoms with van der Waals surface area (Å²) in [4.78, 5) is 39.0. The van der Waals surface area contributed by atoms with Crippen LogP contribution >= 0.6 is 23.2 Å². The number of rotatable bonds is 10. The maximum atomic E-state index is 11.8. The van der Waals surface area contributed by atoms with Crippen LogP contribution in [0.2, 0.25) is 5.02 Å². The number of benzene rings is 1. The van der Waals surface area contributed by atoms with Gasteiger partial charge in [0.1, 0.15) is 12.4 Å². The Kier molecular flexibility index (Phi) is 8.99. The van der Waals surface area contributed by atoms with Crippen LogP contribution < -0.4 is 0 Å². The van der Waals surface area contributed by atoms with Crippen molar-refractivity contribution in [3.8, 4) is 0 Å². The zero-order valence-electron chi connectivity index (χ0n) is 22.2. The van der Waals surface area contributed by atoms with Gasteiger partial charge in [-0.2, -0.15) is 0 Å². The Labute approximate surface area is 239 Å². The van der Waals surface area contributed by atoms with Gasteiger partial charge in [0, 0.05) is 43.4 Å². The zero-order chi connectivity index (χ0) is 27.5. The number of carboxylic acids is 1. The van der Waals surface area contributed by atoms with E-state index in [4.69, 9.17) is 27.9 Å². The molecule has 1 heterocycles. The Balaban J connectivity index is 1.26. The summed E-state index contributed by atoms with van der Waals surface area (Å²) >= 11 is 12.9. The number of aryl methyl sites for hydroxylation is 1. The predicted octanol–water partition coefficient (Wildman–Crippen LogP) is 5.86. The van der Waals surface area contributed by atoms with Crippen LogP contribution in [0.5, 0.6) is 0 Å². The number of hydrogen-bond acceptors (Lipinski definition) is 5. The second-order valence-corrected chi connectivity index (χ2v) is 12.1. The van der Waals surface area contributed by atoms with Crippen molar-refractivity contribution in [2.45, 2.75) is 70.3 Å². The highest BCUT2D eigenvalue weighted by Gasteiger charge is 2.33. The molecule has 4 aliphatic rings. The van der Waals surface area contributed by atoms with Gasteiger partial charge in [0.25, 0.3) is 0 Å². The molecule has 1 atom stereocenters. The van der Waals surface area contributed by atoms with Gasteiger partial charge in [-0.3, -0.25) is 24.2 Å². The van der Waals surface area contributed by atoms with E-state index in [1.165, 1.54) is 21.6 Å². The number of carbonyl (C=O) groups excluding carboxylic acids is 2. The number of likely N-dealkylation sites (tertiary alicyclic amines) is 1. The lowest BCUT2D eigenvalue weighted by Gasteiger charge is -2.36. The molecule has 0 spiro atoms. The van der Waals surface area contributed by atoms with E-state index in [1.54, 1.807) is 0 Å². The molecule has 1 N–H and O–H groups in total. The topological polar surface area (TPSA) is 87.2 Å². The number of carbonyl (C=O) groups is 3. The van der Waals surface area contributed by atoms with Crippen molar-refractivity contribution in [1.29, 1.82) is 0 Å². The highest BCUT2D eigenvalue weighted by molar-refractivity contribution is 6.31. The molecule has 1 aliphatic heterocycles. The molecule has 39 heavy (non-hydrogen) atoms. The lowest BCUT2D eigenvalue weighted by molar-refractivity contribution is -0.143. The molecule has 7 nitrogen and oxygen atoms in total. The number of halogens is 2. The van der Waals surface area contributed by atoms with E-state index in [-0.39, 0.29) is 43.7 Å². The summed E-state index contributed by atoms with van der Waals surface area (Å²) < 4.78 is 5.90. The quantitative estimate of drug-likeness (QED) is 0.352. The van der Waals surface area contributed by atoms with Crippen molar-refractivity contribution < 1.29 is 24.2 Å². The van der Waals surface area contributed by atoms with Crippen LogP contribution in [0.3, 0.4) is 0 Å².